The molecule has 0 spiro atoms. The summed E-state index contributed by atoms with van der Waals surface area (Å²) in [5, 5.41) is 0. The van der Waals surface area contributed by atoms with Gasteiger partial charge in [0.25, 0.3) is 0 Å². The molecule has 1 saturated heterocycles. The molecule has 0 aliphatic carbocycles. The first-order chi connectivity index (χ1) is 8.95. The lowest BCUT2D eigenvalue weighted by Gasteiger charge is -2.20. The second kappa shape index (κ2) is 7.15. The average molecular weight is 275 g/mol. The summed E-state index contributed by atoms with van der Waals surface area (Å²) in [6.45, 7) is 17.2. The molecule has 19 heavy (non-hydrogen) atoms. The van der Waals surface area contributed by atoms with Crippen molar-refractivity contribution in [3.05, 3.63) is 35.8 Å². The molecule has 106 valence electrons. The third kappa shape index (κ3) is 4.69. The summed E-state index contributed by atoms with van der Waals surface area (Å²) in [4.78, 5) is 0. The van der Waals surface area contributed by atoms with Crippen LogP contribution in [0, 0.1) is 11.8 Å². The minimum atomic E-state index is -0.974. The topological polar surface area (TPSA) is 0 Å². The van der Waals surface area contributed by atoms with Gasteiger partial charge in [0.1, 0.15) is 0 Å². The summed E-state index contributed by atoms with van der Waals surface area (Å²) in [7, 11) is -0.974. The van der Waals surface area contributed by atoms with E-state index in [0.717, 1.165) is 24.7 Å². The van der Waals surface area contributed by atoms with E-state index in [-0.39, 0.29) is 0 Å². The molecule has 0 N–H and O–H groups in total. The number of rotatable bonds is 6. The van der Waals surface area contributed by atoms with Gasteiger partial charge in [0, 0.05) is 8.07 Å². The smallest absolute Gasteiger partial charge is 0.0479 e. The van der Waals surface area contributed by atoms with Crippen LogP contribution in [0.4, 0.5) is 0 Å². The van der Waals surface area contributed by atoms with Gasteiger partial charge in [-0.3, -0.25) is 0 Å². The Morgan fingerprint density at radius 1 is 0.947 bits per heavy atom. The van der Waals surface area contributed by atoms with E-state index < -0.39 is 8.07 Å². The van der Waals surface area contributed by atoms with Gasteiger partial charge in [-0.2, -0.15) is 0 Å². The normalized spacial score (nSPS) is 24.6. The molecule has 0 aromatic rings. The van der Waals surface area contributed by atoms with Crippen molar-refractivity contribution >= 4 is 8.07 Å². The Kier molecular flexibility index (Phi) is 6.14. The van der Waals surface area contributed by atoms with Gasteiger partial charge in [-0.25, -0.2) is 0 Å². The second-order valence-corrected chi connectivity index (χ2v) is 11.9. The van der Waals surface area contributed by atoms with Gasteiger partial charge < -0.3 is 0 Å². The van der Waals surface area contributed by atoms with Gasteiger partial charge in [0.05, 0.1) is 0 Å². The van der Waals surface area contributed by atoms with Gasteiger partial charge in [-0.15, -0.1) is 11.5 Å². The Hall–Kier alpha value is -0.743. The fourth-order valence-corrected chi connectivity index (χ4v) is 7.59. The standard InChI is InChI=1S/C18H30Si/c1-7-15(8-2)11-17-13-19(5,6)14-18(17)12-16(9-3)10-4/h17-18H,1,3,8,10-14H2,2,4-6H3/t17-,18-/m0/s1. The molecule has 2 atom stereocenters. The van der Waals surface area contributed by atoms with Crippen LogP contribution in [0.25, 0.3) is 0 Å². The summed E-state index contributed by atoms with van der Waals surface area (Å²) < 4.78 is 0. The predicted molar refractivity (Wildman–Crippen MR) is 89.2 cm³/mol. The monoisotopic (exact) mass is 274 g/mol. The van der Waals surface area contributed by atoms with Crippen LogP contribution >= 0.6 is 0 Å². The van der Waals surface area contributed by atoms with Crippen molar-refractivity contribution in [2.75, 3.05) is 0 Å². The van der Waals surface area contributed by atoms with E-state index in [2.05, 4.69) is 51.6 Å². The molecule has 1 rings (SSSR count). The lowest BCUT2D eigenvalue weighted by Crippen LogP contribution is -2.20. The summed E-state index contributed by atoms with van der Waals surface area (Å²) in [6.07, 6.45) is 4.64. The first-order valence-electron chi connectivity index (χ1n) is 7.71. The molecule has 1 aliphatic rings. The molecule has 0 aromatic heterocycles. The van der Waals surface area contributed by atoms with Crippen molar-refractivity contribution in [2.45, 2.75) is 64.7 Å². The van der Waals surface area contributed by atoms with Crippen LogP contribution in [0.2, 0.25) is 25.2 Å². The fourth-order valence-electron chi connectivity index (χ4n) is 3.63. The van der Waals surface area contributed by atoms with Gasteiger partial charge in [0.2, 0.25) is 0 Å². The van der Waals surface area contributed by atoms with Crippen LogP contribution in [-0.4, -0.2) is 8.07 Å². The Morgan fingerprint density at radius 3 is 1.58 bits per heavy atom. The van der Waals surface area contributed by atoms with E-state index in [1.54, 1.807) is 0 Å². The third-order valence-corrected chi connectivity index (χ3v) is 7.93. The van der Waals surface area contributed by atoms with Crippen molar-refractivity contribution in [2.24, 2.45) is 11.8 Å². The second-order valence-electron chi connectivity index (χ2n) is 6.77. The molecule has 0 amide bonds. The zero-order chi connectivity index (χ0) is 14.5. The van der Waals surface area contributed by atoms with Crippen molar-refractivity contribution in [1.82, 2.24) is 0 Å². The highest BCUT2D eigenvalue weighted by atomic mass is 28.3. The molecular formula is C18H30Si. The summed E-state index contributed by atoms with van der Waals surface area (Å²) in [5.41, 5.74) is 9.15. The molecule has 0 unspecified atom stereocenters. The largest absolute Gasteiger partial charge is 0.130 e. The summed E-state index contributed by atoms with van der Waals surface area (Å²) >= 11 is 0. The van der Waals surface area contributed by atoms with Gasteiger partial charge in [-0.05, 0) is 48.7 Å². The predicted octanol–water partition coefficient (Wildman–Crippen LogP) is 5.96. The molecule has 1 heterocycles. The Bertz CT molecular complexity index is 365. The molecule has 0 saturated carbocycles. The highest BCUT2D eigenvalue weighted by Gasteiger charge is 2.40. The first-order valence-corrected chi connectivity index (χ1v) is 11.1. The third-order valence-electron chi connectivity index (χ3n) is 4.67. The van der Waals surface area contributed by atoms with Crippen LogP contribution in [-0.2, 0) is 0 Å². The zero-order valence-electron chi connectivity index (χ0n) is 13.3. The quantitative estimate of drug-likeness (QED) is 0.414. The van der Waals surface area contributed by atoms with Crippen molar-refractivity contribution in [3.8, 4) is 0 Å². The Balaban J connectivity index is 2.81. The van der Waals surface area contributed by atoms with E-state index in [1.807, 2.05) is 0 Å². The van der Waals surface area contributed by atoms with Gasteiger partial charge in [0.15, 0.2) is 0 Å². The average Bonchev–Trinajstić information content (AvgIpc) is 2.67. The molecule has 1 aliphatic heterocycles. The number of allylic oxidation sites excluding steroid dienone is 2. The molecular weight excluding hydrogens is 244 g/mol. The Labute approximate surface area is 121 Å². The number of hydrogen-bond donors (Lipinski definition) is 0. The maximum absolute atomic E-state index is 3.85. The lowest BCUT2D eigenvalue weighted by molar-refractivity contribution is 0.401. The highest BCUT2D eigenvalue weighted by molar-refractivity contribution is 6.78. The van der Waals surface area contributed by atoms with E-state index in [9.17, 15) is 0 Å². The minimum Gasteiger partial charge on any atom is -0.130 e. The van der Waals surface area contributed by atoms with E-state index >= 15 is 0 Å². The van der Waals surface area contributed by atoms with Crippen LogP contribution in [0.1, 0.15) is 39.5 Å². The first kappa shape index (κ1) is 16.3. The van der Waals surface area contributed by atoms with Crippen molar-refractivity contribution in [3.63, 3.8) is 0 Å². The SMILES string of the molecule is C=C=C(CC)C[C@H]1C[Si](C)(C)C[C@@H]1CC(=C=C)CC. The summed E-state index contributed by atoms with van der Waals surface area (Å²) in [5.74, 6) is 1.70. The molecule has 0 aromatic carbocycles. The Morgan fingerprint density at radius 2 is 1.32 bits per heavy atom. The maximum Gasteiger partial charge on any atom is 0.0479 e. The minimum absolute atomic E-state index is 0.848. The highest BCUT2D eigenvalue weighted by Crippen LogP contribution is 2.45. The van der Waals surface area contributed by atoms with Crippen LogP contribution in [0.5, 0.6) is 0 Å². The van der Waals surface area contributed by atoms with Crippen LogP contribution < -0.4 is 0 Å². The van der Waals surface area contributed by atoms with E-state index in [1.165, 1.54) is 36.1 Å². The van der Waals surface area contributed by atoms with E-state index in [0.29, 0.717) is 0 Å². The zero-order valence-corrected chi connectivity index (χ0v) is 14.3. The van der Waals surface area contributed by atoms with E-state index in [4.69, 9.17) is 0 Å². The maximum atomic E-state index is 3.85. The van der Waals surface area contributed by atoms with Crippen molar-refractivity contribution < 1.29 is 0 Å². The molecule has 0 radical (unpaired) electrons. The van der Waals surface area contributed by atoms with Crippen molar-refractivity contribution in [1.29, 1.82) is 0 Å². The van der Waals surface area contributed by atoms with Gasteiger partial charge in [-0.1, -0.05) is 52.2 Å². The fraction of sp³-hybridized carbons (Fsp3) is 0.667. The molecule has 0 bridgehead atoms. The number of hydrogen-bond acceptors (Lipinski definition) is 0. The summed E-state index contributed by atoms with van der Waals surface area (Å²) in [6, 6.07) is 2.94. The molecule has 1 fully saturated rings. The van der Waals surface area contributed by atoms with Crippen LogP contribution in [0.15, 0.2) is 35.8 Å². The van der Waals surface area contributed by atoms with Crippen LogP contribution in [0.3, 0.4) is 0 Å². The molecule has 1 heteroatoms. The molecule has 0 nitrogen and oxygen atoms in total. The van der Waals surface area contributed by atoms with Gasteiger partial charge >= 0.3 is 0 Å². The lowest BCUT2D eigenvalue weighted by atomic mass is 9.84.